The summed E-state index contributed by atoms with van der Waals surface area (Å²) in [6.45, 7) is 8.26. The lowest BCUT2D eigenvalue weighted by atomic mass is 10.0. The summed E-state index contributed by atoms with van der Waals surface area (Å²) in [5, 5.41) is 7.54. The van der Waals surface area contributed by atoms with E-state index in [1.807, 2.05) is 0 Å². The Kier molecular flexibility index (Phi) is 8.41. The van der Waals surface area contributed by atoms with E-state index in [-0.39, 0.29) is 0 Å². The van der Waals surface area contributed by atoms with Gasteiger partial charge in [0.15, 0.2) is 5.11 Å². The first kappa shape index (κ1) is 25.1. The molecule has 36 heavy (non-hydrogen) atoms. The fourth-order valence-corrected chi connectivity index (χ4v) is 6.04. The number of aromatic nitrogens is 2. The van der Waals surface area contributed by atoms with Crippen molar-refractivity contribution in [1.82, 2.24) is 15.3 Å². The zero-order chi connectivity index (χ0) is 24.7. The molecule has 3 aliphatic rings. The van der Waals surface area contributed by atoms with Gasteiger partial charge >= 0.3 is 0 Å². The van der Waals surface area contributed by atoms with Crippen LogP contribution in [0.4, 0.5) is 23.3 Å². The SMILES string of the molecule is C[C@@H]1CCCN(c2cc(N3CCN(c4ccccc4)CC3)nc(NC(=S)NC3CCCCCC3)n2)C1. The molecule has 2 N–H and O–H groups in total. The van der Waals surface area contributed by atoms with Crippen molar-refractivity contribution in [2.45, 2.75) is 64.3 Å². The van der Waals surface area contributed by atoms with Gasteiger partial charge in [0, 0.05) is 57.1 Å². The lowest BCUT2D eigenvalue weighted by molar-refractivity contribution is 0.444. The highest BCUT2D eigenvalue weighted by atomic mass is 32.1. The summed E-state index contributed by atoms with van der Waals surface area (Å²) in [6.07, 6.45) is 10.1. The Labute approximate surface area is 221 Å². The predicted molar refractivity (Wildman–Crippen MR) is 154 cm³/mol. The van der Waals surface area contributed by atoms with E-state index >= 15 is 0 Å². The van der Waals surface area contributed by atoms with E-state index in [0.717, 1.165) is 50.9 Å². The number of rotatable bonds is 5. The second-order valence-corrected chi connectivity index (χ2v) is 11.1. The van der Waals surface area contributed by atoms with Crippen molar-refractivity contribution in [2.75, 3.05) is 59.3 Å². The first-order valence-corrected chi connectivity index (χ1v) is 14.3. The Morgan fingerprint density at radius 2 is 1.47 bits per heavy atom. The molecule has 1 aromatic heterocycles. The van der Waals surface area contributed by atoms with Gasteiger partial charge in [-0.1, -0.05) is 50.8 Å². The van der Waals surface area contributed by atoms with Crippen LogP contribution < -0.4 is 25.3 Å². The third-order valence-corrected chi connectivity index (χ3v) is 8.04. The summed E-state index contributed by atoms with van der Waals surface area (Å²) in [4.78, 5) is 17.2. The number of para-hydroxylation sites is 1. The van der Waals surface area contributed by atoms with E-state index in [0.29, 0.717) is 23.0 Å². The van der Waals surface area contributed by atoms with Crippen molar-refractivity contribution >= 4 is 40.6 Å². The topological polar surface area (TPSA) is 59.6 Å². The minimum absolute atomic E-state index is 0.448. The summed E-state index contributed by atoms with van der Waals surface area (Å²) in [5.74, 6) is 3.29. The van der Waals surface area contributed by atoms with Gasteiger partial charge in [-0.25, -0.2) is 0 Å². The summed E-state index contributed by atoms with van der Waals surface area (Å²) < 4.78 is 0. The lowest BCUT2D eigenvalue weighted by Gasteiger charge is -2.37. The van der Waals surface area contributed by atoms with Gasteiger partial charge in [0.1, 0.15) is 11.6 Å². The molecule has 5 rings (SSSR count). The van der Waals surface area contributed by atoms with Gasteiger partial charge in [0.2, 0.25) is 5.95 Å². The molecule has 2 aromatic rings. The van der Waals surface area contributed by atoms with Crippen LogP contribution >= 0.6 is 12.2 Å². The Balaban J connectivity index is 1.30. The largest absolute Gasteiger partial charge is 0.368 e. The minimum atomic E-state index is 0.448. The fourth-order valence-electron chi connectivity index (χ4n) is 5.78. The number of piperidine rings is 1. The van der Waals surface area contributed by atoms with E-state index in [2.05, 4.69) is 68.7 Å². The maximum atomic E-state index is 5.71. The predicted octanol–water partition coefficient (Wildman–Crippen LogP) is 5.05. The third kappa shape index (κ3) is 6.58. The molecule has 194 valence electrons. The van der Waals surface area contributed by atoms with E-state index < -0.39 is 0 Å². The average Bonchev–Trinajstić information content (AvgIpc) is 3.17. The van der Waals surface area contributed by atoms with Crippen molar-refractivity contribution in [3.05, 3.63) is 36.4 Å². The summed E-state index contributed by atoms with van der Waals surface area (Å²) >= 11 is 5.71. The number of thiocarbonyl (C=S) groups is 1. The van der Waals surface area contributed by atoms with E-state index in [1.165, 1.54) is 57.1 Å². The Hall–Kier alpha value is -2.61. The molecule has 0 radical (unpaired) electrons. The molecule has 1 aromatic carbocycles. The van der Waals surface area contributed by atoms with Crippen molar-refractivity contribution in [2.24, 2.45) is 5.92 Å². The second-order valence-electron chi connectivity index (χ2n) is 10.7. The number of anilines is 4. The van der Waals surface area contributed by atoms with Crippen molar-refractivity contribution in [3.8, 4) is 0 Å². The molecule has 3 fully saturated rings. The molecule has 0 bridgehead atoms. The fraction of sp³-hybridized carbons (Fsp3) is 0.607. The number of hydrogen-bond donors (Lipinski definition) is 2. The zero-order valence-corrected chi connectivity index (χ0v) is 22.5. The average molecular weight is 508 g/mol. The Morgan fingerprint density at radius 3 is 2.17 bits per heavy atom. The number of piperazine rings is 1. The van der Waals surface area contributed by atoms with Gasteiger partial charge in [-0.15, -0.1) is 0 Å². The van der Waals surface area contributed by atoms with Crippen LogP contribution in [0, 0.1) is 5.92 Å². The van der Waals surface area contributed by atoms with Crippen LogP contribution in [0.5, 0.6) is 0 Å². The van der Waals surface area contributed by atoms with Gasteiger partial charge in [0.25, 0.3) is 0 Å². The van der Waals surface area contributed by atoms with Crippen LogP contribution in [0.1, 0.15) is 58.3 Å². The van der Waals surface area contributed by atoms with Crippen LogP contribution in [0.2, 0.25) is 0 Å². The van der Waals surface area contributed by atoms with E-state index in [9.17, 15) is 0 Å². The van der Waals surface area contributed by atoms with Gasteiger partial charge in [-0.05, 0) is 56.0 Å². The zero-order valence-electron chi connectivity index (χ0n) is 21.7. The highest BCUT2D eigenvalue weighted by molar-refractivity contribution is 7.80. The highest BCUT2D eigenvalue weighted by Crippen LogP contribution is 2.27. The molecule has 2 saturated heterocycles. The number of hydrogen-bond acceptors (Lipinski definition) is 6. The minimum Gasteiger partial charge on any atom is -0.368 e. The Bertz CT molecular complexity index is 985. The normalized spacial score (nSPS) is 21.7. The van der Waals surface area contributed by atoms with Crippen molar-refractivity contribution in [1.29, 1.82) is 0 Å². The summed E-state index contributed by atoms with van der Waals surface area (Å²) in [6, 6.07) is 13.3. The van der Waals surface area contributed by atoms with Crippen LogP contribution in [0.3, 0.4) is 0 Å². The summed E-state index contributed by atoms with van der Waals surface area (Å²) in [7, 11) is 0. The second kappa shape index (κ2) is 12.1. The summed E-state index contributed by atoms with van der Waals surface area (Å²) in [5.41, 5.74) is 1.29. The van der Waals surface area contributed by atoms with Crippen LogP contribution in [0.25, 0.3) is 0 Å². The maximum Gasteiger partial charge on any atom is 0.232 e. The standard InChI is InChI=1S/C28H41N7S/c1-22-10-9-15-35(21-22)26-20-25(34-18-16-33(17-19-34)24-13-7-4-8-14-24)30-27(31-26)32-28(36)29-23-11-5-2-3-6-12-23/h4,7-8,13-14,20,22-23H,2-3,5-6,9-12,15-19,21H2,1H3,(H2,29,30,31,32,36)/t22-/m1/s1. The first-order valence-electron chi connectivity index (χ1n) is 13.9. The van der Waals surface area contributed by atoms with Gasteiger partial charge in [-0.2, -0.15) is 9.97 Å². The first-order chi connectivity index (χ1) is 17.6. The van der Waals surface area contributed by atoms with Crippen LogP contribution in [0.15, 0.2) is 36.4 Å². The molecule has 8 heteroatoms. The van der Waals surface area contributed by atoms with E-state index in [1.54, 1.807) is 0 Å². The smallest absolute Gasteiger partial charge is 0.232 e. The molecule has 1 aliphatic carbocycles. The number of benzene rings is 1. The molecule has 1 atom stereocenters. The molecule has 1 saturated carbocycles. The highest BCUT2D eigenvalue weighted by Gasteiger charge is 2.23. The third-order valence-electron chi connectivity index (χ3n) is 7.82. The molecule has 7 nitrogen and oxygen atoms in total. The molecule has 2 aliphatic heterocycles. The van der Waals surface area contributed by atoms with Gasteiger partial charge in [0.05, 0.1) is 0 Å². The van der Waals surface area contributed by atoms with Gasteiger partial charge in [-0.3, -0.25) is 0 Å². The molecular formula is C28H41N7S. The monoisotopic (exact) mass is 507 g/mol. The molecule has 3 heterocycles. The lowest BCUT2D eigenvalue weighted by Crippen LogP contribution is -2.47. The van der Waals surface area contributed by atoms with Crippen molar-refractivity contribution < 1.29 is 0 Å². The molecular weight excluding hydrogens is 466 g/mol. The number of nitrogens with one attached hydrogen (secondary N) is 2. The van der Waals surface area contributed by atoms with Gasteiger partial charge < -0.3 is 25.3 Å². The van der Waals surface area contributed by atoms with Crippen LogP contribution in [-0.4, -0.2) is 60.4 Å². The number of nitrogens with zero attached hydrogens (tertiary/aromatic N) is 5. The van der Waals surface area contributed by atoms with E-state index in [4.69, 9.17) is 22.2 Å². The molecule has 0 unspecified atom stereocenters. The molecule has 0 spiro atoms. The van der Waals surface area contributed by atoms with Crippen LogP contribution in [-0.2, 0) is 0 Å². The Morgan fingerprint density at radius 1 is 0.806 bits per heavy atom. The molecule has 0 amide bonds. The maximum absolute atomic E-state index is 5.71. The quantitative estimate of drug-likeness (QED) is 0.431. The van der Waals surface area contributed by atoms with Crippen molar-refractivity contribution in [3.63, 3.8) is 0 Å².